The fraction of sp³-hybridized carbons (Fsp3) is 0.250. The quantitative estimate of drug-likeness (QED) is 0.887. The van der Waals surface area contributed by atoms with Gasteiger partial charge in [0.2, 0.25) is 0 Å². The Morgan fingerprint density at radius 3 is 2.35 bits per heavy atom. The first-order chi connectivity index (χ1) is 9.60. The Kier molecular flexibility index (Phi) is 5.10. The number of halogens is 3. The van der Waals surface area contributed by atoms with Gasteiger partial charge in [0.15, 0.2) is 0 Å². The number of nitrogens with two attached hydrogens (primary N) is 1. The second-order valence-corrected chi connectivity index (χ2v) is 5.24. The van der Waals surface area contributed by atoms with Gasteiger partial charge in [-0.3, -0.25) is 0 Å². The molecule has 0 heterocycles. The second kappa shape index (κ2) is 6.82. The number of hydrogen-bond donors (Lipinski definition) is 1. The number of rotatable bonds is 5. The van der Waals surface area contributed by atoms with Crippen LogP contribution < -0.4 is 5.73 Å². The molecule has 0 fully saturated rings. The van der Waals surface area contributed by atoms with Crippen LogP contribution >= 0.6 is 11.6 Å². The molecule has 20 heavy (non-hydrogen) atoms. The lowest BCUT2D eigenvalue weighted by molar-refractivity contribution is 0.506. The van der Waals surface area contributed by atoms with E-state index in [1.165, 1.54) is 12.1 Å². The SMILES string of the molecule is NCC(Cc1ccc(F)cc1F)Cc1ccccc1Cl. The van der Waals surface area contributed by atoms with Crippen LogP contribution in [0.4, 0.5) is 8.78 Å². The standard InChI is InChI=1S/C16H16ClF2N/c17-15-4-2-1-3-12(15)7-11(10-20)8-13-5-6-14(18)9-16(13)19/h1-6,9,11H,7-8,10,20H2. The van der Waals surface area contributed by atoms with Crippen molar-refractivity contribution in [3.05, 3.63) is 70.2 Å². The van der Waals surface area contributed by atoms with Crippen LogP contribution in [0.25, 0.3) is 0 Å². The Hall–Kier alpha value is -1.45. The van der Waals surface area contributed by atoms with Crippen LogP contribution in [-0.4, -0.2) is 6.54 Å². The van der Waals surface area contributed by atoms with Crippen molar-refractivity contribution in [3.8, 4) is 0 Å². The van der Waals surface area contributed by atoms with E-state index in [1.807, 2.05) is 24.3 Å². The molecule has 2 N–H and O–H groups in total. The van der Waals surface area contributed by atoms with Crippen LogP contribution in [0.1, 0.15) is 11.1 Å². The minimum atomic E-state index is -0.568. The molecule has 0 amide bonds. The predicted octanol–water partition coefficient (Wildman–Crippen LogP) is 3.98. The monoisotopic (exact) mass is 295 g/mol. The Morgan fingerprint density at radius 2 is 1.70 bits per heavy atom. The maximum absolute atomic E-state index is 13.7. The maximum Gasteiger partial charge on any atom is 0.129 e. The van der Waals surface area contributed by atoms with Crippen LogP contribution in [0.3, 0.4) is 0 Å². The lowest BCUT2D eigenvalue weighted by Crippen LogP contribution is -2.20. The molecule has 0 aromatic heterocycles. The lowest BCUT2D eigenvalue weighted by Gasteiger charge is -2.16. The first-order valence-electron chi connectivity index (χ1n) is 6.47. The average molecular weight is 296 g/mol. The average Bonchev–Trinajstić information content (AvgIpc) is 2.43. The van der Waals surface area contributed by atoms with Crippen molar-refractivity contribution in [2.24, 2.45) is 11.7 Å². The third kappa shape index (κ3) is 3.78. The molecule has 0 bridgehead atoms. The van der Waals surface area contributed by atoms with E-state index in [1.54, 1.807) is 0 Å². The van der Waals surface area contributed by atoms with Gasteiger partial charge in [-0.2, -0.15) is 0 Å². The van der Waals surface area contributed by atoms with E-state index < -0.39 is 11.6 Å². The summed E-state index contributed by atoms with van der Waals surface area (Å²) < 4.78 is 26.5. The van der Waals surface area contributed by atoms with Gasteiger partial charge in [-0.1, -0.05) is 35.9 Å². The predicted molar refractivity (Wildman–Crippen MR) is 77.8 cm³/mol. The summed E-state index contributed by atoms with van der Waals surface area (Å²) in [6.45, 7) is 0.419. The van der Waals surface area contributed by atoms with E-state index in [0.29, 0.717) is 30.0 Å². The molecule has 2 aromatic rings. The van der Waals surface area contributed by atoms with Crippen molar-refractivity contribution in [1.82, 2.24) is 0 Å². The highest BCUT2D eigenvalue weighted by atomic mass is 35.5. The molecule has 106 valence electrons. The van der Waals surface area contributed by atoms with Gasteiger partial charge in [0, 0.05) is 11.1 Å². The summed E-state index contributed by atoms with van der Waals surface area (Å²) in [5.74, 6) is -1.03. The highest BCUT2D eigenvalue weighted by Crippen LogP contribution is 2.22. The van der Waals surface area contributed by atoms with Gasteiger partial charge < -0.3 is 5.73 Å². The summed E-state index contributed by atoms with van der Waals surface area (Å²) in [5.41, 5.74) is 7.23. The van der Waals surface area contributed by atoms with Gasteiger partial charge in [0.25, 0.3) is 0 Å². The topological polar surface area (TPSA) is 26.0 Å². The van der Waals surface area contributed by atoms with Gasteiger partial charge in [0.05, 0.1) is 0 Å². The van der Waals surface area contributed by atoms with E-state index in [9.17, 15) is 8.78 Å². The van der Waals surface area contributed by atoms with Crippen molar-refractivity contribution in [3.63, 3.8) is 0 Å². The summed E-state index contributed by atoms with van der Waals surface area (Å²) in [4.78, 5) is 0. The maximum atomic E-state index is 13.7. The molecule has 0 spiro atoms. The summed E-state index contributed by atoms with van der Waals surface area (Å²) in [6, 6.07) is 11.2. The Morgan fingerprint density at radius 1 is 1.00 bits per heavy atom. The molecule has 0 saturated heterocycles. The van der Waals surface area contributed by atoms with Crippen LogP contribution in [-0.2, 0) is 12.8 Å². The minimum Gasteiger partial charge on any atom is -0.330 e. The molecule has 1 nitrogen and oxygen atoms in total. The molecule has 4 heteroatoms. The molecule has 0 saturated carbocycles. The highest BCUT2D eigenvalue weighted by Gasteiger charge is 2.14. The fourth-order valence-electron chi connectivity index (χ4n) is 2.21. The molecule has 2 rings (SSSR count). The molecule has 0 radical (unpaired) electrons. The molecule has 1 atom stereocenters. The Labute approximate surface area is 122 Å². The molecular formula is C16H16ClF2N. The zero-order chi connectivity index (χ0) is 14.5. The first-order valence-corrected chi connectivity index (χ1v) is 6.85. The number of hydrogen-bond acceptors (Lipinski definition) is 1. The Bertz CT molecular complexity index is 586. The van der Waals surface area contributed by atoms with Crippen LogP contribution in [0.15, 0.2) is 42.5 Å². The number of benzene rings is 2. The molecule has 0 aliphatic rings. The van der Waals surface area contributed by atoms with Crippen molar-refractivity contribution in [2.45, 2.75) is 12.8 Å². The van der Waals surface area contributed by atoms with Gasteiger partial charge in [0.1, 0.15) is 11.6 Å². The van der Waals surface area contributed by atoms with Crippen LogP contribution in [0, 0.1) is 17.6 Å². The van der Waals surface area contributed by atoms with Gasteiger partial charge in [-0.25, -0.2) is 8.78 Å². The largest absolute Gasteiger partial charge is 0.330 e. The molecule has 0 aliphatic heterocycles. The van der Waals surface area contributed by atoms with Crippen LogP contribution in [0.5, 0.6) is 0 Å². The molecule has 2 aromatic carbocycles. The fourth-order valence-corrected chi connectivity index (χ4v) is 2.42. The first kappa shape index (κ1) is 14.9. The van der Waals surface area contributed by atoms with Crippen molar-refractivity contribution < 1.29 is 8.78 Å². The van der Waals surface area contributed by atoms with E-state index in [-0.39, 0.29) is 5.92 Å². The van der Waals surface area contributed by atoms with E-state index in [2.05, 4.69) is 0 Å². The third-order valence-electron chi connectivity index (χ3n) is 3.32. The van der Waals surface area contributed by atoms with Crippen molar-refractivity contribution in [1.29, 1.82) is 0 Å². The van der Waals surface area contributed by atoms with Crippen molar-refractivity contribution in [2.75, 3.05) is 6.54 Å². The van der Waals surface area contributed by atoms with E-state index in [0.717, 1.165) is 11.6 Å². The molecular weight excluding hydrogens is 280 g/mol. The summed E-state index contributed by atoms with van der Waals surface area (Å²) in [5, 5.41) is 0.686. The third-order valence-corrected chi connectivity index (χ3v) is 3.69. The van der Waals surface area contributed by atoms with E-state index in [4.69, 9.17) is 17.3 Å². The van der Waals surface area contributed by atoms with Gasteiger partial charge >= 0.3 is 0 Å². The van der Waals surface area contributed by atoms with Gasteiger partial charge in [-0.05, 0) is 48.6 Å². The van der Waals surface area contributed by atoms with Crippen molar-refractivity contribution >= 4 is 11.6 Å². The van der Waals surface area contributed by atoms with Crippen LogP contribution in [0.2, 0.25) is 5.02 Å². The summed E-state index contributed by atoms with van der Waals surface area (Å²) in [6.07, 6.45) is 1.14. The zero-order valence-corrected chi connectivity index (χ0v) is 11.7. The summed E-state index contributed by atoms with van der Waals surface area (Å²) in [7, 11) is 0. The van der Waals surface area contributed by atoms with Gasteiger partial charge in [-0.15, -0.1) is 0 Å². The normalized spacial score (nSPS) is 12.4. The minimum absolute atomic E-state index is 0.0647. The zero-order valence-electron chi connectivity index (χ0n) is 11.0. The van der Waals surface area contributed by atoms with E-state index >= 15 is 0 Å². The lowest BCUT2D eigenvalue weighted by atomic mass is 9.92. The summed E-state index contributed by atoms with van der Waals surface area (Å²) >= 11 is 6.12. The highest BCUT2D eigenvalue weighted by molar-refractivity contribution is 6.31. The smallest absolute Gasteiger partial charge is 0.129 e. The molecule has 0 aliphatic carbocycles. The molecule has 1 unspecified atom stereocenters. The second-order valence-electron chi connectivity index (χ2n) is 4.84. The Balaban J connectivity index is 2.11.